The van der Waals surface area contributed by atoms with Crippen molar-refractivity contribution in [1.82, 2.24) is 10.6 Å². The van der Waals surface area contributed by atoms with E-state index in [4.69, 9.17) is 0 Å². The van der Waals surface area contributed by atoms with Gasteiger partial charge in [0.25, 0.3) is 0 Å². The Bertz CT molecular complexity index is 459. The number of halogens is 3. The number of amides is 1. The Hall–Kier alpha value is -1.56. The first-order valence-electron chi connectivity index (χ1n) is 6.10. The average molecular weight is 272 g/mol. The maximum atomic E-state index is 12.0. The van der Waals surface area contributed by atoms with Gasteiger partial charge in [0, 0.05) is 13.1 Å². The predicted octanol–water partition coefficient (Wildman–Crippen LogP) is 1.77. The number of carbonyl (C=O) groups excluding carboxylic acids is 1. The molecule has 6 heteroatoms. The van der Waals surface area contributed by atoms with Crippen LogP contribution in [0, 0.1) is 0 Å². The van der Waals surface area contributed by atoms with Crippen LogP contribution in [0.25, 0.3) is 0 Å². The van der Waals surface area contributed by atoms with Gasteiger partial charge in [0.15, 0.2) is 0 Å². The van der Waals surface area contributed by atoms with Crippen molar-refractivity contribution in [3.05, 3.63) is 35.4 Å². The van der Waals surface area contributed by atoms with Crippen LogP contribution < -0.4 is 10.6 Å². The highest BCUT2D eigenvalue weighted by Gasteiger charge is 2.28. The lowest BCUT2D eigenvalue weighted by molar-refractivity contribution is -0.136. The van der Waals surface area contributed by atoms with Gasteiger partial charge in [-0.2, -0.15) is 13.2 Å². The molecular formula is C13H15F3N2O. The zero-order valence-electron chi connectivity index (χ0n) is 10.3. The first-order chi connectivity index (χ1) is 8.96. The number of benzene rings is 1. The summed E-state index contributed by atoms with van der Waals surface area (Å²) in [5.41, 5.74) is 2.19. The van der Waals surface area contributed by atoms with Gasteiger partial charge in [-0.3, -0.25) is 4.79 Å². The van der Waals surface area contributed by atoms with E-state index in [9.17, 15) is 18.0 Å². The van der Waals surface area contributed by atoms with E-state index < -0.39 is 18.6 Å². The molecule has 3 nitrogen and oxygen atoms in total. The summed E-state index contributed by atoms with van der Waals surface area (Å²) in [4.78, 5) is 11.8. The van der Waals surface area contributed by atoms with E-state index in [0.29, 0.717) is 13.0 Å². The van der Waals surface area contributed by atoms with Gasteiger partial charge >= 0.3 is 6.18 Å². The van der Waals surface area contributed by atoms with Gasteiger partial charge in [-0.1, -0.05) is 24.3 Å². The van der Waals surface area contributed by atoms with Gasteiger partial charge in [-0.25, -0.2) is 0 Å². The largest absolute Gasteiger partial charge is 0.390 e. The van der Waals surface area contributed by atoms with Crippen molar-refractivity contribution >= 4 is 5.91 Å². The lowest BCUT2D eigenvalue weighted by Gasteiger charge is -2.25. The molecule has 0 saturated carbocycles. The Balaban J connectivity index is 1.85. The first kappa shape index (κ1) is 13.9. The molecule has 19 heavy (non-hydrogen) atoms. The van der Waals surface area contributed by atoms with E-state index in [1.807, 2.05) is 24.3 Å². The van der Waals surface area contributed by atoms with Crippen LogP contribution in [-0.4, -0.2) is 24.7 Å². The van der Waals surface area contributed by atoms with Crippen molar-refractivity contribution in [1.29, 1.82) is 0 Å². The molecule has 1 heterocycles. The zero-order chi connectivity index (χ0) is 13.9. The van der Waals surface area contributed by atoms with Crippen molar-refractivity contribution in [3.8, 4) is 0 Å². The summed E-state index contributed by atoms with van der Waals surface area (Å²) in [5.74, 6) is -0.376. The summed E-state index contributed by atoms with van der Waals surface area (Å²) in [7, 11) is 0. The standard InChI is InChI=1S/C13H15F3N2O/c14-13(15,16)5-6-17-12(19)11-7-9-3-1-2-4-10(9)8-18-11/h1-4,11,18H,5-8H2,(H,17,19)/t11-/m1/s1. The summed E-state index contributed by atoms with van der Waals surface area (Å²) < 4.78 is 35.9. The molecule has 1 atom stereocenters. The van der Waals surface area contributed by atoms with Crippen molar-refractivity contribution < 1.29 is 18.0 Å². The fourth-order valence-corrected chi connectivity index (χ4v) is 2.09. The highest BCUT2D eigenvalue weighted by molar-refractivity contribution is 5.82. The molecule has 0 radical (unpaired) electrons. The van der Waals surface area contributed by atoms with E-state index in [-0.39, 0.29) is 12.5 Å². The molecule has 0 fully saturated rings. The van der Waals surface area contributed by atoms with Gasteiger partial charge in [-0.15, -0.1) is 0 Å². The van der Waals surface area contributed by atoms with E-state index in [0.717, 1.165) is 11.1 Å². The Morgan fingerprint density at radius 2 is 2.00 bits per heavy atom. The average Bonchev–Trinajstić information content (AvgIpc) is 2.36. The fraction of sp³-hybridized carbons (Fsp3) is 0.462. The predicted molar refractivity (Wildman–Crippen MR) is 64.5 cm³/mol. The van der Waals surface area contributed by atoms with Gasteiger partial charge in [-0.05, 0) is 17.5 Å². The van der Waals surface area contributed by atoms with Crippen molar-refractivity contribution in [2.24, 2.45) is 0 Å². The fourth-order valence-electron chi connectivity index (χ4n) is 2.09. The van der Waals surface area contributed by atoms with Crippen LogP contribution in [0.5, 0.6) is 0 Å². The smallest absolute Gasteiger partial charge is 0.354 e. The third-order valence-electron chi connectivity index (χ3n) is 3.11. The molecule has 0 saturated heterocycles. The molecule has 0 spiro atoms. The monoisotopic (exact) mass is 272 g/mol. The SMILES string of the molecule is O=C(NCCC(F)(F)F)[C@H]1Cc2ccccc2CN1. The normalized spacial score (nSPS) is 18.8. The molecule has 104 valence electrons. The molecule has 1 amide bonds. The van der Waals surface area contributed by atoms with Crippen LogP contribution >= 0.6 is 0 Å². The maximum Gasteiger partial charge on any atom is 0.390 e. The Morgan fingerprint density at radius 1 is 1.32 bits per heavy atom. The van der Waals surface area contributed by atoms with Crippen LogP contribution in [0.3, 0.4) is 0 Å². The summed E-state index contributed by atoms with van der Waals surface area (Å²) in [6.45, 7) is 0.190. The molecule has 0 aromatic heterocycles. The second kappa shape index (κ2) is 5.61. The molecule has 2 rings (SSSR count). The summed E-state index contributed by atoms with van der Waals surface area (Å²) in [5, 5.41) is 5.35. The highest BCUT2D eigenvalue weighted by atomic mass is 19.4. The van der Waals surface area contributed by atoms with Gasteiger partial charge in [0.05, 0.1) is 12.5 Å². The van der Waals surface area contributed by atoms with Crippen LogP contribution in [0.15, 0.2) is 24.3 Å². The van der Waals surface area contributed by atoms with Gasteiger partial charge in [0.1, 0.15) is 0 Å². The Labute approximate surface area is 109 Å². The summed E-state index contributed by atoms with van der Waals surface area (Å²) in [6, 6.07) is 7.27. The first-order valence-corrected chi connectivity index (χ1v) is 6.10. The molecule has 0 aliphatic carbocycles. The molecule has 1 aromatic carbocycles. The number of hydrogen-bond acceptors (Lipinski definition) is 2. The number of carbonyl (C=O) groups is 1. The van der Waals surface area contributed by atoms with E-state index in [1.54, 1.807) is 0 Å². The third kappa shape index (κ3) is 3.96. The second-order valence-electron chi connectivity index (χ2n) is 4.56. The maximum absolute atomic E-state index is 12.0. The minimum atomic E-state index is -4.24. The molecule has 1 aliphatic rings. The molecule has 1 aliphatic heterocycles. The molecule has 0 unspecified atom stereocenters. The van der Waals surface area contributed by atoms with Crippen molar-refractivity contribution in [2.75, 3.05) is 6.54 Å². The van der Waals surface area contributed by atoms with Crippen LogP contribution in [0.2, 0.25) is 0 Å². The number of rotatable bonds is 3. The minimum absolute atomic E-state index is 0.373. The highest BCUT2D eigenvalue weighted by Crippen LogP contribution is 2.19. The zero-order valence-corrected chi connectivity index (χ0v) is 10.3. The van der Waals surface area contributed by atoms with Crippen molar-refractivity contribution in [3.63, 3.8) is 0 Å². The van der Waals surface area contributed by atoms with Crippen molar-refractivity contribution in [2.45, 2.75) is 31.6 Å². The topological polar surface area (TPSA) is 41.1 Å². The Kier molecular flexibility index (Phi) is 4.09. The van der Waals surface area contributed by atoms with E-state index >= 15 is 0 Å². The third-order valence-corrected chi connectivity index (χ3v) is 3.11. The molecule has 2 N–H and O–H groups in total. The number of hydrogen-bond donors (Lipinski definition) is 2. The summed E-state index contributed by atoms with van der Waals surface area (Å²) in [6.07, 6.45) is -4.73. The van der Waals surface area contributed by atoms with E-state index in [2.05, 4.69) is 10.6 Å². The lowest BCUT2D eigenvalue weighted by atomic mass is 9.95. The van der Waals surface area contributed by atoms with Crippen LogP contribution in [0.1, 0.15) is 17.5 Å². The van der Waals surface area contributed by atoms with Crippen LogP contribution in [0.4, 0.5) is 13.2 Å². The number of alkyl halides is 3. The van der Waals surface area contributed by atoms with Gasteiger partial charge < -0.3 is 10.6 Å². The molecule has 1 aromatic rings. The van der Waals surface area contributed by atoms with Crippen LogP contribution in [-0.2, 0) is 17.8 Å². The number of nitrogens with one attached hydrogen (secondary N) is 2. The van der Waals surface area contributed by atoms with Gasteiger partial charge in [0.2, 0.25) is 5.91 Å². The Morgan fingerprint density at radius 3 is 2.68 bits per heavy atom. The second-order valence-corrected chi connectivity index (χ2v) is 4.56. The molecular weight excluding hydrogens is 257 g/mol. The number of fused-ring (bicyclic) bond motifs is 1. The van der Waals surface area contributed by atoms with E-state index in [1.165, 1.54) is 0 Å². The minimum Gasteiger partial charge on any atom is -0.354 e. The quantitative estimate of drug-likeness (QED) is 0.880. The summed E-state index contributed by atoms with van der Waals surface area (Å²) >= 11 is 0. The molecule has 0 bridgehead atoms. The lowest BCUT2D eigenvalue weighted by Crippen LogP contribution is -2.48.